The fourth-order valence-electron chi connectivity index (χ4n) is 6.09. The van der Waals surface area contributed by atoms with E-state index in [9.17, 15) is 14.4 Å². The smallest absolute Gasteiger partial charge is 0.335 e. The average molecular weight is 492 g/mol. The molecule has 0 spiro atoms. The summed E-state index contributed by atoms with van der Waals surface area (Å²) in [5, 5.41) is 0. The zero-order valence-electron chi connectivity index (χ0n) is 17.3. The Morgan fingerprint density at radius 2 is 1.53 bits per heavy atom. The van der Waals surface area contributed by atoms with Gasteiger partial charge in [0.1, 0.15) is 11.8 Å². The predicted molar refractivity (Wildman–Crippen MR) is 120 cm³/mol. The monoisotopic (exact) mass is 491 g/mol. The van der Waals surface area contributed by atoms with Crippen LogP contribution in [0.5, 0.6) is 5.75 Å². The maximum Gasteiger partial charge on any atom is 0.335 e. The summed E-state index contributed by atoms with van der Waals surface area (Å²) in [6.07, 6.45) is 5.62. The molecule has 1 saturated heterocycles. The maximum atomic E-state index is 13.6. The van der Waals surface area contributed by atoms with Crippen molar-refractivity contribution in [1.29, 1.82) is 0 Å². The van der Waals surface area contributed by atoms with Gasteiger partial charge in [-0.05, 0) is 59.9 Å². The second-order valence-corrected chi connectivity index (χ2v) is 10.2. The number of hydrogen-bond acceptors (Lipinski definition) is 4. The van der Waals surface area contributed by atoms with Crippen molar-refractivity contribution in [3.63, 3.8) is 0 Å². The first kappa shape index (κ1) is 19.9. The number of benzene rings is 2. The van der Waals surface area contributed by atoms with Crippen molar-refractivity contribution < 1.29 is 19.1 Å². The lowest BCUT2D eigenvalue weighted by Gasteiger charge is -2.37. The first-order chi connectivity index (χ1) is 15.5. The first-order valence-corrected chi connectivity index (χ1v) is 11.9. The van der Waals surface area contributed by atoms with Crippen molar-refractivity contribution in [2.24, 2.45) is 35.5 Å². The molecule has 32 heavy (non-hydrogen) atoms. The molecule has 2 aromatic carbocycles. The summed E-state index contributed by atoms with van der Waals surface area (Å²) in [6, 6.07) is 15.4. The quantitative estimate of drug-likeness (QED) is 0.274. The Morgan fingerprint density at radius 1 is 0.938 bits per heavy atom. The number of likely N-dealkylation sites (tertiary alicyclic amines) is 1. The molecule has 2 amide bonds. The third-order valence-corrected chi connectivity index (χ3v) is 8.11. The number of carbonyl (C=O) groups is 3. The summed E-state index contributed by atoms with van der Waals surface area (Å²) < 4.78 is 6.51. The number of nitrogens with zero attached hydrogens (tertiary/aromatic N) is 1. The number of allylic oxidation sites excluding steroid dienone is 2. The molecule has 4 aliphatic carbocycles. The van der Waals surface area contributed by atoms with E-state index in [1.807, 2.05) is 30.3 Å². The van der Waals surface area contributed by atoms with Crippen LogP contribution in [0.25, 0.3) is 0 Å². The van der Waals surface area contributed by atoms with Crippen LogP contribution >= 0.6 is 15.9 Å². The number of rotatable bonds is 5. The van der Waals surface area contributed by atoms with E-state index in [0.29, 0.717) is 17.6 Å². The fraction of sp³-hybridized carbons (Fsp3) is 0.346. The number of amides is 2. The van der Waals surface area contributed by atoms with Gasteiger partial charge < -0.3 is 4.74 Å². The van der Waals surface area contributed by atoms with E-state index in [1.54, 1.807) is 24.3 Å². The third kappa shape index (κ3) is 3.07. The van der Waals surface area contributed by atoms with Gasteiger partial charge in [0.05, 0.1) is 11.8 Å². The summed E-state index contributed by atoms with van der Waals surface area (Å²) in [5.41, 5.74) is 0.879. The minimum absolute atomic E-state index is 0.122. The molecule has 0 unspecified atom stereocenters. The van der Waals surface area contributed by atoms with E-state index in [4.69, 9.17) is 4.74 Å². The molecular formula is C26H22BrNO4. The van der Waals surface area contributed by atoms with E-state index in [1.165, 1.54) is 4.90 Å². The van der Waals surface area contributed by atoms with Crippen LogP contribution in [0.1, 0.15) is 12.0 Å². The van der Waals surface area contributed by atoms with Gasteiger partial charge in [0.2, 0.25) is 11.8 Å². The van der Waals surface area contributed by atoms with Crippen LogP contribution in [-0.2, 0) is 20.8 Å². The maximum absolute atomic E-state index is 13.6. The van der Waals surface area contributed by atoms with E-state index in [-0.39, 0.29) is 41.9 Å². The van der Waals surface area contributed by atoms with Crippen molar-refractivity contribution in [2.45, 2.75) is 18.9 Å². The van der Waals surface area contributed by atoms with E-state index in [2.05, 4.69) is 28.1 Å². The zero-order valence-corrected chi connectivity index (χ0v) is 18.9. The molecule has 5 aliphatic rings. The van der Waals surface area contributed by atoms with E-state index < -0.39 is 12.0 Å². The summed E-state index contributed by atoms with van der Waals surface area (Å²) >= 11 is 3.37. The molecule has 3 fully saturated rings. The number of carbonyl (C=O) groups excluding carboxylic acids is 3. The minimum Gasteiger partial charge on any atom is -0.425 e. The van der Waals surface area contributed by atoms with Crippen LogP contribution in [0.2, 0.25) is 0 Å². The first-order valence-electron chi connectivity index (χ1n) is 11.1. The lowest BCUT2D eigenvalue weighted by molar-refractivity contribution is -0.153. The molecule has 162 valence electrons. The SMILES string of the molecule is O=C(Oc1ccc(Br)cc1)[C@H](Cc1ccccc1)N1C(=O)[C@@H]2[C@H]3C=C[C@@H]([C@@H]4C[C@@H]34)[C@@H]2C1=O. The highest BCUT2D eigenvalue weighted by Gasteiger charge is 2.68. The van der Waals surface area contributed by atoms with Gasteiger partial charge in [0.15, 0.2) is 0 Å². The van der Waals surface area contributed by atoms with Gasteiger partial charge in [-0.2, -0.15) is 0 Å². The normalized spacial score (nSPS) is 32.5. The predicted octanol–water partition coefficient (Wildman–Crippen LogP) is 4.02. The number of ether oxygens (including phenoxy) is 1. The Labute approximate surface area is 194 Å². The third-order valence-electron chi connectivity index (χ3n) is 7.58. The largest absolute Gasteiger partial charge is 0.425 e. The second kappa shape index (κ2) is 7.41. The van der Waals surface area contributed by atoms with Gasteiger partial charge in [-0.15, -0.1) is 0 Å². The Balaban J connectivity index is 1.33. The minimum atomic E-state index is -0.984. The van der Waals surface area contributed by atoms with Crippen LogP contribution in [0.4, 0.5) is 0 Å². The molecule has 0 N–H and O–H groups in total. The van der Waals surface area contributed by atoms with Crippen LogP contribution < -0.4 is 4.74 Å². The molecular weight excluding hydrogens is 470 g/mol. The van der Waals surface area contributed by atoms with Gasteiger partial charge in [0, 0.05) is 10.9 Å². The molecule has 6 heteroatoms. The standard InChI is InChI=1S/C26H22BrNO4/c27-15-6-8-16(9-7-15)32-26(31)21(12-14-4-2-1-3-5-14)28-24(29)22-17-10-11-18(20-13-19(17)20)23(22)25(28)30/h1-11,17-23H,12-13H2/t17-,18-,19-,20-,21-,22-,23+/m0/s1. The fourth-order valence-corrected chi connectivity index (χ4v) is 6.36. The Hall–Kier alpha value is -2.73. The van der Waals surface area contributed by atoms with E-state index >= 15 is 0 Å². The average Bonchev–Trinajstić information content (AvgIpc) is 3.58. The number of imide groups is 1. The van der Waals surface area contributed by atoms with Crippen molar-refractivity contribution in [1.82, 2.24) is 4.90 Å². The lowest BCUT2D eigenvalue weighted by atomic mass is 9.63. The van der Waals surface area contributed by atoms with Crippen LogP contribution in [0.15, 0.2) is 71.2 Å². The van der Waals surface area contributed by atoms with Crippen LogP contribution in [-0.4, -0.2) is 28.7 Å². The van der Waals surface area contributed by atoms with E-state index in [0.717, 1.165) is 16.5 Å². The van der Waals surface area contributed by atoms with Crippen molar-refractivity contribution in [3.8, 4) is 5.75 Å². The van der Waals surface area contributed by atoms with Gasteiger partial charge in [-0.3, -0.25) is 14.5 Å². The van der Waals surface area contributed by atoms with Gasteiger partial charge in [-0.1, -0.05) is 58.4 Å². The highest BCUT2D eigenvalue weighted by Crippen LogP contribution is 2.65. The molecule has 0 radical (unpaired) electrons. The zero-order chi connectivity index (χ0) is 22.0. The Kier molecular flexibility index (Phi) is 4.61. The van der Waals surface area contributed by atoms with Crippen molar-refractivity contribution in [2.75, 3.05) is 0 Å². The number of hydrogen-bond donors (Lipinski definition) is 0. The van der Waals surface area contributed by atoms with Gasteiger partial charge >= 0.3 is 5.97 Å². The van der Waals surface area contributed by atoms with Gasteiger partial charge in [0.25, 0.3) is 0 Å². The highest BCUT2D eigenvalue weighted by molar-refractivity contribution is 9.10. The molecule has 7 rings (SSSR count). The number of esters is 1. The van der Waals surface area contributed by atoms with Crippen molar-refractivity contribution in [3.05, 3.63) is 76.8 Å². The molecule has 7 atom stereocenters. The molecule has 1 aliphatic heterocycles. The lowest BCUT2D eigenvalue weighted by Crippen LogP contribution is -2.48. The molecule has 2 aromatic rings. The summed E-state index contributed by atoms with van der Waals surface area (Å²) in [5.74, 6) is -0.00218. The topological polar surface area (TPSA) is 63.7 Å². The molecule has 0 aromatic heterocycles. The van der Waals surface area contributed by atoms with Crippen LogP contribution in [0, 0.1) is 35.5 Å². The van der Waals surface area contributed by atoms with Gasteiger partial charge in [-0.25, -0.2) is 4.79 Å². The highest BCUT2D eigenvalue weighted by atomic mass is 79.9. The second-order valence-electron chi connectivity index (χ2n) is 9.28. The number of halogens is 1. The van der Waals surface area contributed by atoms with Crippen LogP contribution in [0.3, 0.4) is 0 Å². The van der Waals surface area contributed by atoms with Crippen molar-refractivity contribution >= 4 is 33.7 Å². The Bertz CT molecular complexity index is 1090. The molecule has 2 saturated carbocycles. The summed E-state index contributed by atoms with van der Waals surface area (Å²) in [6.45, 7) is 0. The molecule has 1 heterocycles. The molecule has 5 nitrogen and oxygen atoms in total. The Morgan fingerprint density at radius 3 is 2.12 bits per heavy atom. The summed E-state index contributed by atoms with van der Waals surface area (Å²) in [7, 11) is 0. The molecule has 2 bridgehead atoms. The summed E-state index contributed by atoms with van der Waals surface area (Å²) in [4.78, 5) is 41.8.